The van der Waals surface area contributed by atoms with Crippen molar-refractivity contribution in [3.63, 3.8) is 0 Å². The Morgan fingerprint density at radius 3 is 2.50 bits per heavy atom. The Morgan fingerprint density at radius 2 is 2.05 bits per heavy atom. The van der Waals surface area contributed by atoms with E-state index in [1.807, 2.05) is 0 Å². The van der Waals surface area contributed by atoms with Crippen LogP contribution in [-0.2, 0) is 9.59 Å². The summed E-state index contributed by atoms with van der Waals surface area (Å²) in [7, 11) is 0. The standard InChI is InChI=1S/C10H8ClFN2O6/c11-4-1-8(14(19)20)6(2-5(4)12)13-7(10(17)18)3-9(15)16/h1-2,7,13H,3H2,(H,15,16)(H,17,18). The Bertz CT molecular complexity index is 579. The largest absolute Gasteiger partial charge is 0.481 e. The number of hydrogen-bond donors (Lipinski definition) is 3. The van der Waals surface area contributed by atoms with Crippen molar-refractivity contribution in [1.29, 1.82) is 0 Å². The van der Waals surface area contributed by atoms with E-state index in [9.17, 15) is 24.1 Å². The lowest BCUT2D eigenvalue weighted by Gasteiger charge is -2.14. The van der Waals surface area contributed by atoms with E-state index in [2.05, 4.69) is 5.32 Å². The highest BCUT2D eigenvalue weighted by atomic mass is 35.5. The predicted octanol–water partition coefficient (Wildman–Crippen LogP) is 1.73. The molecule has 0 aromatic heterocycles. The minimum atomic E-state index is -1.65. The Labute approximate surface area is 115 Å². The van der Waals surface area contributed by atoms with Crippen molar-refractivity contribution >= 4 is 34.9 Å². The number of carboxylic acids is 2. The van der Waals surface area contributed by atoms with Crippen molar-refractivity contribution in [2.24, 2.45) is 0 Å². The first-order valence-corrected chi connectivity index (χ1v) is 5.44. The van der Waals surface area contributed by atoms with Crippen LogP contribution in [0.2, 0.25) is 5.02 Å². The summed E-state index contributed by atoms with van der Waals surface area (Å²) in [6, 6.07) is -0.302. The summed E-state index contributed by atoms with van der Waals surface area (Å²) in [5.41, 5.74) is -1.13. The van der Waals surface area contributed by atoms with Crippen LogP contribution in [0.3, 0.4) is 0 Å². The van der Waals surface area contributed by atoms with Gasteiger partial charge in [-0.25, -0.2) is 9.18 Å². The van der Waals surface area contributed by atoms with Gasteiger partial charge in [-0.3, -0.25) is 14.9 Å². The minimum Gasteiger partial charge on any atom is -0.481 e. The molecule has 1 aromatic rings. The monoisotopic (exact) mass is 306 g/mol. The molecule has 0 aliphatic carbocycles. The van der Waals surface area contributed by atoms with Gasteiger partial charge in [0.05, 0.1) is 16.4 Å². The molecule has 8 nitrogen and oxygen atoms in total. The molecule has 1 rings (SSSR count). The van der Waals surface area contributed by atoms with E-state index in [1.54, 1.807) is 0 Å². The van der Waals surface area contributed by atoms with E-state index in [4.69, 9.17) is 21.8 Å². The van der Waals surface area contributed by atoms with E-state index in [-0.39, 0.29) is 0 Å². The van der Waals surface area contributed by atoms with Crippen LogP contribution in [0.1, 0.15) is 6.42 Å². The fourth-order valence-electron chi connectivity index (χ4n) is 1.37. The molecule has 0 saturated heterocycles. The smallest absolute Gasteiger partial charge is 0.326 e. The molecule has 3 N–H and O–H groups in total. The molecule has 0 saturated carbocycles. The zero-order valence-corrected chi connectivity index (χ0v) is 10.4. The number of rotatable bonds is 6. The summed E-state index contributed by atoms with van der Waals surface area (Å²) in [6.07, 6.45) is -0.837. The molecule has 20 heavy (non-hydrogen) atoms. The van der Waals surface area contributed by atoms with Crippen molar-refractivity contribution in [1.82, 2.24) is 0 Å². The van der Waals surface area contributed by atoms with Crippen molar-refractivity contribution < 1.29 is 29.1 Å². The number of nitro groups is 1. The molecular formula is C10H8ClFN2O6. The normalized spacial score (nSPS) is 11.7. The van der Waals surface area contributed by atoms with Crippen LogP contribution in [0.15, 0.2) is 12.1 Å². The van der Waals surface area contributed by atoms with Gasteiger partial charge in [-0.15, -0.1) is 0 Å². The van der Waals surface area contributed by atoms with Crippen LogP contribution in [0.5, 0.6) is 0 Å². The molecule has 0 spiro atoms. The topological polar surface area (TPSA) is 130 Å². The lowest BCUT2D eigenvalue weighted by atomic mass is 10.1. The number of aliphatic carboxylic acids is 2. The fraction of sp³-hybridized carbons (Fsp3) is 0.200. The van der Waals surface area contributed by atoms with E-state index >= 15 is 0 Å². The van der Waals surface area contributed by atoms with Crippen LogP contribution in [-0.4, -0.2) is 33.1 Å². The zero-order valence-electron chi connectivity index (χ0n) is 9.67. The van der Waals surface area contributed by atoms with Gasteiger partial charge in [0.2, 0.25) is 0 Å². The van der Waals surface area contributed by atoms with E-state index < -0.39 is 51.5 Å². The summed E-state index contributed by atoms with van der Waals surface area (Å²) in [4.78, 5) is 31.3. The van der Waals surface area contributed by atoms with Crippen molar-refractivity contribution in [3.8, 4) is 0 Å². The zero-order chi connectivity index (χ0) is 15.4. The maximum absolute atomic E-state index is 13.3. The second-order valence-electron chi connectivity index (χ2n) is 3.67. The van der Waals surface area contributed by atoms with Crippen LogP contribution in [0, 0.1) is 15.9 Å². The Balaban J connectivity index is 3.17. The Morgan fingerprint density at radius 1 is 1.45 bits per heavy atom. The third kappa shape index (κ3) is 3.79. The summed E-state index contributed by atoms with van der Waals surface area (Å²) in [5.74, 6) is -3.97. The van der Waals surface area contributed by atoms with Gasteiger partial charge in [0.25, 0.3) is 5.69 Å². The van der Waals surface area contributed by atoms with Crippen molar-refractivity contribution in [3.05, 3.63) is 33.1 Å². The SMILES string of the molecule is O=C(O)CC(Nc1cc(F)c(Cl)cc1[N+](=O)[O-])C(=O)O. The van der Waals surface area contributed by atoms with Gasteiger partial charge in [-0.1, -0.05) is 11.6 Å². The average molecular weight is 307 g/mol. The number of nitrogens with zero attached hydrogens (tertiary/aromatic N) is 1. The van der Waals surface area contributed by atoms with Gasteiger partial charge in [0, 0.05) is 12.1 Å². The van der Waals surface area contributed by atoms with Crippen LogP contribution in [0.25, 0.3) is 0 Å². The molecule has 0 bridgehead atoms. The number of nitro benzene ring substituents is 1. The summed E-state index contributed by atoms with van der Waals surface area (Å²) in [6.45, 7) is 0. The molecule has 0 fully saturated rings. The molecule has 0 amide bonds. The summed E-state index contributed by atoms with van der Waals surface area (Å²) < 4.78 is 13.3. The third-order valence-electron chi connectivity index (χ3n) is 2.24. The summed E-state index contributed by atoms with van der Waals surface area (Å²) in [5, 5.41) is 29.8. The van der Waals surface area contributed by atoms with Gasteiger partial charge in [0.15, 0.2) is 0 Å². The minimum absolute atomic E-state index is 0.467. The lowest BCUT2D eigenvalue weighted by molar-refractivity contribution is -0.384. The molecule has 0 heterocycles. The molecule has 10 heteroatoms. The Hall–Kier alpha value is -2.42. The molecule has 108 valence electrons. The maximum atomic E-state index is 13.3. The summed E-state index contributed by atoms with van der Waals surface area (Å²) >= 11 is 5.40. The number of carboxylic acid groups (broad SMARTS) is 2. The van der Waals surface area contributed by atoms with Gasteiger partial charge < -0.3 is 15.5 Å². The van der Waals surface area contributed by atoms with Gasteiger partial charge in [0.1, 0.15) is 17.5 Å². The first-order valence-electron chi connectivity index (χ1n) is 5.07. The van der Waals surface area contributed by atoms with Crippen LogP contribution >= 0.6 is 11.6 Å². The fourth-order valence-corrected chi connectivity index (χ4v) is 1.52. The quantitative estimate of drug-likeness (QED) is 0.539. The van der Waals surface area contributed by atoms with E-state index in [0.717, 1.165) is 0 Å². The number of anilines is 1. The Kier molecular flexibility index (Phi) is 4.81. The number of nitrogens with one attached hydrogen (secondary N) is 1. The van der Waals surface area contributed by atoms with Crippen molar-refractivity contribution in [2.45, 2.75) is 12.5 Å². The number of carbonyl (C=O) groups is 2. The maximum Gasteiger partial charge on any atom is 0.326 e. The average Bonchev–Trinajstić information content (AvgIpc) is 2.31. The molecule has 0 radical (unpaired) electrons. The third-order valence-corrected chi connectivity index (χ3v) is 2.53. The number of benzene rings is 1. The second kappa shape index (κ2) is 6.15. The van der Waals surface area contributed by atoms with Gasteiger partial charge >= 0.3 is 11.9 Å². The molecule has 0 aliphatic heterocycles. The highest BCUT2D eigenvalue weighted by Crippen LogP contribution is 2.31. The van der Waals surface area contributed by atoms with Gasteiger partial charge in [-0.05, 0) is 0 Å². The highest BCUT2D eigenvalue weighted by Gasteiger charge is 2.25. The van der Waals surface area contributed by atoms with Crippen LogP contribution < -0.4 is 5.32 Å². The van der Waals surface area contributed by atoms with E-state index in [0.29, 0.717) is 12.1 Å². The predicted molar refractivity (Wildman–Crippen MR) is 65.4 cm³/mol. The molecule has 1 aromatic carbocycles. The lowest BCUT2D eigenvalue weighted by Crippen LogP contribution is -2.32. The molecule has 0 aliphatic rings. The van der Waals surface area contributed by atoms with Crippen molar-refractivity contribution in [2.75, 3.05) is 5.32 Å². The number of halogens is 2. The first kappa shape index (κ1) is 15.6. The highest BCUT2D eigenvalue weighted by molar-refractivity contribution is 6.31. The van der Waals surface area contributed by atoms with Crippen LogP contribution in [0.4, 0.5) is 15.8 Å². The first-order chi connectivity index (χ1) is 9.22. The van der Waals surface area contributed by atoms with Gasteiger partial charge in [-0.2, -0.15) is 0 Å². The molecular weight excluding hydrogens is 299 g/mol. The number of hydrogen-bond acceptors (Lipinski definition) is 5. The van der Waals surface area contributed by atoms with E-state index in [1.165, 1.54) is 0 Å². The molecule has 1 atom stereocenters. The second-order valence-corrected chi connectivity index (χ2v) is 4.08. The molecule has 1 unspecified atom stereocenters.